The van der Waals surface area contributed by atoms with Crippen molar-refractivity contribution in [3.05, 3.63) is 64.0 Å². The molecule has 2 aromatic carbocycles. The molecule has 0 spiro atoms. The zero-order valence-corrected chi connectivity index (χ0v) is 10.6. The van der Waals surface area contributed by atoms with E-state index in [4.69, 9.17) is 4.74 Å². The minimum Gasteiger partial charge on any atom is -0.450 e. The van der Waals surface area contributed by atoms with Crippen LogP contribution in [0.15, 0.2) is 42.5 Å². The Bertz CT molecular complexity index is 626. The van der Waals surface area contributed by atoms with Crippen molar-refractivity contribution in [1.82, 2.24) is 0 Å². The van der Waals surface area contributed by atoms with Crippen LogP contribution in [0.5, 0.6) is 11.5 Å². The smallest absolute Gasteiger partial charge is 0.311 e. The van der Waals surface area contributed by atoms with Crippen molar-refractivity contribution < 1.29 is 19.2 Å². The number of aliphatic hydroxyl groups excluding tert-OH is 1. The van der Waals surface area contributed by atoms with Gasteiger partial charge in [-0.25, -0.2) is 4.39 Å². The summed E-state index contributed by atoms with van der Waals surface area (Å²) in [6.45, 7) is 1.51. The molecule has 0 aromatic heterocycles. The van der Waals surface area contributed by atoms with Crippen molar-refractivity contribution >= 4 is 5.69 Å². The zero-order valence-electron chi connectivity index (χ0n) is 10.6. The molecule has 0 aliphatic rings. The first-order valence-electron chi connectivity index (χ1n) is 5.87. The van der Waals surface area contributed by atoms with Gasteiger partial charge in [0.05, 0.1) is 11.0 Å². The molecular weight excluding hydrogens is 265 g/mol. The molecule has 0 bridgehead atoms. The number of hydrogen-bond acceptors (Lipinski definition) is 4. The Labute approximate surface area is 114 Å². The molecule has 1 N–H and O–H groups in total. The summed E-state index contributed by atoms with van der Waals surface area (Å²) < 4.78 is 18.2. The second-order valence-electron chi connectivity index (χ2n) is 4.22. The highest BCUT2D eigenvalue weighted by Gasteiger charge is 2.18. The Morgan fingerprint density at radius 3 is 2.45 bits per heavy atom. The van der Waals surface area contributed by atoms with Gasteiger partial charge >= 0.3 is 5.69 Å². The van der Waals surface area contributed by atoms with E-state index in [1.54, 1.807) is 0 Å². The topological polar surface area (TPSA) is 72.6 Å². The van der Waals surface area contributed by atoms with Gasteiger partial charge in [-0.2, -0.15) is 0 Å². The number of halogens is 1. The highest BCUT2D eigenvalue weighted by Crippen LogP contribution is 2.33. The normalized spacial score (nSPS) is 11.9. The van der Waals surface area contributed by atoms with Crippen molar-refractivity contribution in [1.29, 1.82) is 0 Å². The van der Waals surface area contributed by atoms with Crippen molar-refractivity contribution in [2.75, 3.05) is 0 Å². The van der Waals surface area contributed by atoms with Crippen molar-refractivity contribution in [3.8, 4) is 11.5 Å². The quantitative estimate of drug-likeness (QED) is 0.684. The second-order valence-corrected chi connectivity index (χ2v) is 4.22. The fourth-order valence-electron chi connectivity index (χ4n) is 1.65. The molecule has 0 aliphatic carbocycles. The number of aliphatic hydroxyl groups is 1. The predicted octanol–water partition coefficient (Wildman–Crippen LogP) is 3.58. The molecule has 0 saturated carbocycles. The van der Waals surface area contributed by atoms with Gasteiger partial charge in [-0.3, -0.25) is 10.1 Å². The fourth-order valence-corrected chi connectivity index (χ4v) is 1.65. The number of rotatable bonds is 4. The van der Waals surface area contributed by atoms with E-state index in [-0.39, 0.29) is 11.4 Å². The Balaban J connectivity index is 2.35. The number of ether oxygens (including phenoxy) is 1. The maximum atomic E-state index is 12.8. The third-order valence-corrected chi connectivity index (χ3v) is 2.70. The highest BCUT2D eigenvalue weighted by molar-refractivity contribution is 5.51. The summed E-state index contributed by atoms with van der Waals surface area (Å²) in [6, 6.07) is 9.35. The molecule has 0 heterocycles. The van der Waals surface area contributed by atoms with Crippen LogP contribution in [0.2, 0.25) is 0 Å². The minimum absolute atomic E-state index is 0.0333. The standard InChI is InChI=1S/C14H12FNO4/c1-9(17)10-2-7-14(13(8-10)16(18)19)20-12-5-3-11(15)4-6-12/h2-9,17H,1H3/t9-/m0/s1. The lowest BCUT2D eigenvalue weighted by molar-refractivity contribution is -0.385. The van der Waals surface area contributed by atoms with E-state index >= 15 is 0 Å². The summed E-state index contributed by atoms with van der Waals surface area (Å²) in [4.78, 5) is 10.4. The van der Waals surface area contributed by atoms with Crippen LogP contribution >= 0.6 is 0 Å². The van der Waals surface area contributed by atoms with Gasteiger partial charge in [-0.15, -0.1) is 0 Å². The van der Waals surface area contributed by atoms with Gasteiger partial charge in [-0.1, -0.05) is 6.07 Å². The average Bonchev–Trinajstić information content (AvgIpc) is 2.41. The second kappa shape index (κ2) is 5.66. The Morgan fingerprint density at radius 2 is 1.90 bits per heavy atom. The molecule has 1 atom stereocenters. The summed E-state index contributed by atoms with van der Waals surface area (Å²) in [7, 11) is 0. The number of benzene rings is 2. The van der Waals surface area contributed by atoms with E-state index in [0.29, 0.717) is 11.3 Å². The van der Waals surface area contributed by atoms with Crippen molar-refractivity contribution in [2.24, 2.45) is 0 Å². The molecule has 0 radical (unpaired) electrons. The Morgan fingerprint density at radius 1 is 1.25 bits per heavy atom. The molecule has 0 aliphatic heterocycles. The lowest BCUT2D eigenvalue weighted by atomic mass is 10.1. The van der Waals surface area contributed by atoms with Crippen LogP contribution in [0, 0.1) is 15.9 Å². The highest BCUT2D eigenvalue weighted by atomic mass is 19.1. The first kappa shape index (κ1) is 14.0. The summed E-state index contributed by atoms with van der Waals surface area (Å²) in [5.41, 5.74) is 0.163. The van der Waals surface area contributed by atoms with E-state index in [2.05, 4.69) is 0 Å². The first-order chi connectivity index (χ1) is 9.47. The van der Waals surface area contributed by atoms with Gasteiger partial charge in [0.2, 0.25) is 5.75 Å². The van der Waals surface area contributed by atoms with Crippen molar-refractivity contribution in [3.63, 3.8) is 0 Å². The number of nitro benzene ring substituents is 1. The van der Waals surface area contributed by atoms with Gasteiger partial charge < -0.3 is 9.84 Å². The zero-order chi connectivity index (χ0) is 14.7. The molecule has 0 fully saturated rings. The van der Waals surface area contributed by atoms with E-state index in [9.17, 15) is 19.6 Å². The van der Waals surface area contributed by atoms with Crippen LogP contribution in [0.4, 0.5) is 10.1 Å². The fraction of sp³-hybridized carbons (Fsp3) is 0.143. The van der Waals surface area contributed by atoms with Crippen molar-refractivity contribution in [2.45, 2.75) is 13.0 Å². The molecule has 5 nitrogen and oxygen atoms in total. The van der Waals surface area contributed by atoms with Gasteiger partial charge in [0.25, 0.3) is 0 Å². The molecular formula is C14H12FNO4. The largest absolute Gasteiger partial charge is 0.450 e. The average molecular weight is 277 g/mol. The summed E-state index contributed by atoms with van der Waals surface area (Å²) in [5.74, 6) is -0.0957. The monoisotopic (exact) mass is 277 g/mol. The maximum absolute atomic E-state index is 12.8. The predicted molar refractivity (Wildman–Crippen MR) is 70.2 cm³/mol. The van der Waals surface area contributed by atoms with Crippen LogP contribution in [-0.4, -0.2) is 10.0 Å². The molecule has 2 aromatic rings. The number of nitro groups is 1. The third-order valence-electron chi connectivity index (χ3n) is 2.70. The van der Waals surface area contributed by atoms with Gasteiger partial charge in [-0.05, 0) is 42.8 Å². The number of hydrogen-bond donors (Lipinski definition) is 1. The molecule has 6 heteroatoms. The van der Waals surface area contributed by atoms with Crippen LogP contribution in [0.1, 0.15) is 18.6 Å². The van der Waals surface area contributed by atoms with Crippen LogP contribution < -0.4 is 4.74 Å². The van der Waals surface area contributed by atoms with E-state index < -0.39 is 16.8 Å². The SMILES string of the molecule is C[C@H](O)c1ccc(Oc2ccc(F)cc2)c([N+](=O)[O-])c1. The lowest BCUT2D eigenvalue weighted by Crippen LogP contribution is -1.97. The molecule has 0 amide bonds. The van der Waals surface area contributed by atoms with Crippen LogP contribution in [-0.2, 0) is 0 Å². The summed E-state index contributed by atoms with van der Waals surface area (Å²) >= 11 is 0. The third kappa shape index (κ3) is 3.10. The first-order valence-corrected chi connectivity index (χ1v) is 5.87. The van der Waals surface area contributed by atoms with Gasteiger partial charge in [0.15, 0.2) is 0 Å². The molecule has 2 rings (SSSR count). The van der Waals surface area contributed by atoms with E-state index in [1.807, 2.05) is 0 Å². The van der Waals surface area contributed by atoms with Gasteiger partial charge in [0.1, 0.15) is 11.6 Å². The lowest BCUT2D eigenvalue weighted by Gasteiger charge is -2.09. The Hall–Kier alpha value is -2.47. The minimum atomic E-state index is -0.812. The molecule has 20 heavy (non-hydrogen) atoms. The summed E-state index contributed by atoms with van der Waals surface area (Å²) in [5, 5.41) is 20.5. The molecule has 104 valence electrons. The molecule has 0 unspecified atom stereocenters. The van der Waals surface area contributed by atoms with E-state index in [0.717, 1.165) is 0 Å². The van der Waals surface area contributed by atoms with Crippen LogP contribution in [0.3, 0.4) is 0 Å². The van der Waals surface area contributed by atoms with Crippen LogP contribution in [0.25, 0.3) is 0 Å². The number of nitrogens with zero attached hydrogens (tertiary/aromatic N) is 1. The Kier molecular flexibility index (Phi) is 3.95. The molecule has 0 saturated heterocycles. The summed E-state index contributed by atoms with van der Waals surface area (Å²) in [6.07, 6.45) is -0.812. The van der Waals surface area contributed by atoms with Gasteiger partial charge in [0, 0.05) is 6.07 Å². The van der Waals surface area contributed by atoms with E-state index in [1.165, 1.54) is 49.4 Å². The maximum Gasteiger partial charge on any atom is 0.311 e.